The Morgan fingerprint density at radius 1 is 1.17 bits per heavy atom. The lowest BCUT2D eigenvalue weighted by molar-refractivity contribution is -0.384. The third-order valence-corrected chi connectivity index (χ3v) is 4.92. The number of benzene rings is 2. The molecule has 0 aliphatic carbocycles. The Labute approximate surface area is 173 Å². The molecule has 0 radical (unpaired) electrons. The van der Waals surface area contributed by atoms with Crippen LogP contribution in [0.1, 0.15) is 25.0 Å². The smallest absolute Gasteiger partial charge is 0.269 e. The van der Waals surface area contributed by atoms with Crippen molar-refractivity contribution in [3.63, 3.8) is 0 Å². The second-order valence-corrected chi connectivity index (χ2v) is 7.86. The highest BCUT2D eigenvalue weighted by Crippen LogP contribution is 2.25. The van der Waals surface area contributed by atoms with Crippen LogP contribution in [0.3, 0.4) is 0 Å². The largest absolute Gasteiger partial charge is 0.298 e. The number of hydrogen-bond acceptors (Lipinski definition) is 5. The van der Waals surface area contributed by atoms with Gasteiger partial charge in [0, 0.05) is 29.2 Å². The molecular weight excluding hydrogens is 386 g/mol. The third kappa shape index (κ3) is 5.83. The summed E-state index contributed by atoms with van der Waals surface area (Å²) < 4.78 is 0. The summed E-state index contributed by atoms with van der Waals surface area (Å²) in [6.07, 6.45) is 4.02. The molecule has 7 heteroatoms. The second kappa shape index (κ2) is 9.25. The monoisotopic (exact) mass is 407 g/mol. The first-order valence-corrected chi connectivity index (χ1v) is 10.1. The summed E-state index contributed by atoms with van der Waals surface area (Å²) in [5.41, 5.74) is 3.84. The fraction of sp³-hybridized carbons (Fsp3) is 0.182. The molecular formula is C22H21N3O3S. The van der Waals surface area contributed by atoms with Crippen molar-refractivity contribution in [3.05, 3.63) is 81.2 Å². The van der Waals surface area contributed by atoms with E-state index >= 15 is 0 Å². The van der Waals surface area contributed by atoms with Crippen LogP contribution in [0.2, 0.25) is 0 Å². The van der Waals surface area contributed by atoms with E-state index < -0.39 is 4.92 Å². The Kier molecular flexibility index (Phi) is 6.51. The van der Waals surface area contributed by atoms with Crippen LogP contribution in [0.4, 0.5) is 10.8 Å². The molecule has 0 spiro atoms. The Morgan fingerprint density at radius 3 is 2.48 bits per heavy atom. The molecule has 6 nitrogen and oxygen atoms in total. The van der Waals surface area contributed by atoms with Crippen molar-refractivity contribution in [3.8, 4) is 11.3 Å². The number of amides is 1. The first-order chi connectivity index (χ1) is 13.9. The van der Waals surface area contributed by atoms with Crippen LogP contribution in [0.25, 0.3) is 17.3 Å². The predicted molar refractivity (Wildman–Crippen MR) is 117 cm³/mol. The Bertz CT molecular complexity index is 1020. The van der Waals surface area contributed by atoms with Gasteiger partial charge in [0.15, 0.2) is 5.13 Å². The van der Waals surface area contributed by atoms with Crippen LogP contribution in [0.5, 0.6) is 0 Å². The number of nitro groups is 1. The SMILES string of the molecule is CC(C)Cc1ccc(-c2csc(NC(=O)C=Cc3ccc([N+](=O)[O-])cc3)n2)cc1. The van der Waals surface area contributed by atoms with E-state index in [0.29, 0.717) is 16.6 Å². The minimum absolute atomic E-state index is 0.0131. The lowest BCUT2D eigenvalue weighted by Crippen LogP contribution is -2.07. The van der Waals surface area contributed by atoms with E-state index in [9.17, 15) is 14.9 Å². The molecule has 1 aromatic heterocycles. The highest BCUT2D eigenvalue weighted by molar-refractivity contribution is 7.14. The zero-order valence-electron chi connectivity index (χ0n) is 16.2. The first kappa shape index (κ1) is 20.4. The van der Waals surface area contributed by atoms with Gasteiger partial charge in [0.05, 0.1) is 10.6 Å². The van der Waals surface area contributed by atoms with Crippen molar-refractivity contribution in [2.45, 2.75) is 20.3 Å². The summed E-state index contributed by atoms with van der Waals surface area (Å²) in [7, 11) is 0. The zero-order valence-corrected chi connectivity index (χ0v) is 17.0. The van der Waals surface area contributed by atoms with Crippen molar-refractivity contribution < 1.29 is 9.72 Å². The second-order valence-electron chi connectivity index (χ2n) is 7.00. The average molecular weight is 407 g/mol. The summed E-state index contributed by atoms with van der Waals surface area (Å²) in [6.45, 7) is 4.39. The van der Waals surface area contributed by atoms with Gasteiger partial charge in [0.25, 0.3) is 5.69 Å². The first-order valence-electron chi connectivity index (χ1n) is 9.19. The number of thiazole rings is 1. The van der Waals surface area contributed by atoms with E-state index in [1.54, 1.807) is 18.2 Å². The molecule has 1 heterocycles. The highest BCUT2D eigenvalue weighted by Gasteiger charge is 2.07. The van der Waals surface area contributed by atoms with Gasteiger partial charge in [0.1, 0.15) is 0 Å². The summed E-state index contributed by atoms with van der Waals surface area (Å²) in [5.74, 6) is 0.303. The van der Waals surface area contributed by atoms with Crippen LogP contribution < -0.4 is 5.32 Å². The normalized spacial score (nSPS) is 11.1. The van der Waals surface area contributed by atoms with Crippen LogP contribution >= 0.6 is 11.3 Å². The fourth-order valence-corrected chi connectivity index (χ4v) is 3.50. The van der Waals surface area contributed by atoms with Crippen LogP contribution in [0.15, 0.2) is 60.0 Å². The molecule has 2 aromatic carbocycles. The molecule has 0 unspecified atom stereocenters. The van der Waals surface area contributed by atoms with Gasteiger partial charge in [-0.2, -0.15) is 0 Å². The van der Waals surface area contributed by atoms with Crippen molar-refractivity contribution in [2.75, 3.05) is 5.32 Å². The molecule has 0 aliphatic heterocycles. The quantitative estimate of drug-likeness (QED) is 0.315. The van der Waals surface area contributed by atoms with Crippen molar-refractivity contribution >= 4 is 34.1 Å². The van der Waals surface area contributed by atoms with Gasteiger partial charge >= 0.3 is 0 Å². The van der Waals surface area contributed by atoms with Crippen molar-refractivity contribution in [2.24, 2.45) is 5.92 Å². The Morgan fingerprint density at radius 2 is 1.86 bits per heavy atom. The van der Waals surface area contributed by atoms with Gasteiger partial charge < -0.3 is 0 Å². The maximum atomic E-state index is 12.1. The number of carbonyl (C=O) groups excluding carboxylic acids is 1. The van der Waals surface area contributed by atoms with E-state index in [0.717, 1.165) is 17.7 Å². The maximum Gasteiger partial charge on any atom is 0.269 e. The molecule has 1 amide bonds. The number of aromatic nitrogens is 1. The minimum atomic E-state index is -0.460. The van der Waals surface area contributed by atoms with Gasteiger partial charge in [-0.15, -0.1) is 11.3 Å². The molecule has 3 aromatic rings. The van der Waals surface area contributed by atoms with Gasteiger partial charge in [-0.1, -0.05) is 38.1 Å². The third-order valence-electron chi connectivity index (χ3n) is 4.16. The molecule has 1 N–H and O–H groups in total. The molecule has 0 bridgehead atoms. The number of anilines is 1. The van der Waals surface area contributed by atoms with Gasteiger partial charge in [-0.25, -0.2) is 4.98 Å². The number of nitrogens with zero attached hydrogens (tertiary/aromatic N) is 2. The lowest BCUT2D eigenvalue weighted by atomic mass is 10.0. The fourth-order valence-electron chi connectivity index (χ4n) is 2.77. The number of non-ortho nitro benzene ring substituents is 1. The van der Waals surface area contributed by atoms with Gasteiger partial charge in [0.2, 0.25) is 5.91 Å². The average Bonchev–Trinajstić information content (AvgIpc) is 3.15. The number of nitro benzene ring substituents is 1. The van der Waals surface area contributed by atoms with Crippen molar-refractivity contribution in [1.29, 1.82) is 0 Å². The lowest BCUT2D eigenvalue weighted by Gasteiger charge is -2.05. The zero-order chi connectivity index (χ0) is 20.8. The van der Waals surface area contributed by atoms with Gasteiger partial charge in [-0.05, 0) is 41.7 Å². The maximum absolute atomic E-state index is 12.1. The number of nitrogens with one attached hydrogen (secondary N) is 1. The summed E-state index contributed by atoms with van der Waals surface area (Å²) in [4.78, 5) is 26.8. The Hall–Kier alpha value is -3.32. The molecule has 0 atom stereocenters. The van der Waals surface area contributed by atoms with Crippen LogP contribution in [-0.2, 0) is 11.2 Å². The molecule has 3 rings (SSSR count). The molecule has 0 saturated carbocycles. The summed E-state index contributed by atoms with van der Waals surface area (Å²) in [5, 5.41) is 15.8. The van der Waals surface area contributed by atoms with Crippen LogP contribution in [-0.4, -0.2) is 15.8 Å². The molecule has 29 heavy (non-hydrogen) atoms. The number of carbonyl (C=O) groups is 1. The molecule has 0 aliphatic rings. The molecule has 148 valence electrons. The van der Waals surface area contributed by atoms with E-state index in [-0.39, 0.29) is 11.6 Å². The Balaban J connectivity index is 1.60. The molecule has 0 saturated heterocycles. The van der Waals surface area contributed by atoms with E-state index in [1.807, 2.05) is 17.5 Å². The van der Waals surface area contributed by atoms with Gasteiger partial charge in [-0.3, -0.25) is 20.2 Å². The highest BCUT2D eigenvalue weighted by atomic mass is 32.1. The summed E-state index contributed by atoms with van der Waals surface area (Å²) in [6, 6.07) is 14.3. The van der Waals surface area contributed by atoms with Crippen molar-refractivity contribution in [1.82, 2.24) is 4.98 Å². The van der Waals surface area contributed by atoms with E-state index in [4.69, 9.17) is 0 Å². The van der Waals surface area contributed by atoms with Crippen LogP contribution in [0, 0.1) is 16.0 Å². The van der Waals surface area contributed by atoms with E-state index in [2.05, 4.69) is 36.3 Å². The summed E-state index contributed by atoms with van der Waals surface area (Å²) >= 11 is 1.36. The topological polar surface area (TPSA) is 85.1 Å². The number of hydrogen-bond donors (Lipinski definition) is 1. The minimum Gasteiger partial charge on any atom is -0.298 e. The van der Waals surface area contributed by atoms with E-state index in [1.165, 1.54) is 35.1 Å². The predicted octanol–water partition coefficient (Wildman–Crippen LogP) is 5.57. The number of rotatable bonds is 7. The standard InChI is InChI=1S/C22H21N3O3S/c1-15(2)13-17-3-8-18(9-4-17)20-14-29-22(23-20)24-21(26)12-7-16-5-10-19(11-6-16)25(27)28/h3-12,14-15H,13H2,1-2H3,(H,23,24,26). The molecule has 0 fully saturated rings.